The summed E-state index contributed by atoms with van der Waals surface area (Å²) in [7, 11) is 1.17. The van der Waals surface area contributed by atoms with Gasteiger partial charge in [-0.1, -0.05) is 24.3 Å². The van der Waals surface area contributed by atoms with Crippen molar-refractivity contribution >= 4 is 17.7 Å². The third-order valence-corrected chi connectivity index (χ3v) is 3.77. The molecule has 1 rings (SSSR count). The Labute approximate surface area is 122 Å². The number of carboxylic acid groups (broad SMARTS) is 1. The van der Waals surface area contributed by atoms with Gasteiger partial charge in [0.25, 0.3) is 0 Å². The minimum atomic E-state index is -1.66. The largest absolute Gasteiger partial charge is 0.481 e. The van der Waals surface area contributed by atoms with Crippen molar-refractivity contribution in [2.24, 2.45) is 16.9 Å². The number of hydrogen-bond donors (Lipinski definition) is 3. The van der Waals surface area contributed by atoms with Crippen molar-refractivity contribution in [1.29, 1.82) is 0 Å². The van der Waals surface area contributed by atoms with E-state index in [4.69, 9.17) is 16.6 Å². The van der Waals surface area contributed by atoms with Crippen LogP contribution in [0.1, 0.15) is 19.8 Å². The molecule has 0 bridgehead atoms. The fraction of sp³-hybridized carbons (Fsp3) is 0.500. The second kappa shape index (κ2) is 6.19. The summed E-state index contributed by atoms with van der Waals surface area (Å²) in [4.78, 5) is 35.4. The van der Waals surface area contributed by atoms with Gasteiger partial charge in [0.1, 0.15) is 5.54 Å². The Bertz CT molecular complexity index is 509. The summed E-state index contributed by atoms with van der Waals surface area (Å²) in [6.07, 6.45) is 6.09. The van der Waals surface area contributed by atoms with Crippen molar-refractivity contribution in [2.75, 3.05) is 7.11 Å². The van der Waals surface area contributed by atoms with Gasteiger partial charge < -0.3 is 21.3 Å². The van der Waals surface area contributed by atoms with E-state index in [9.17, 15) is 14.4 Å². The molecule has 0 heterocycles. The van der Waals surface area contributed by atoms with Crippen LogP contribution in [-0.2, 0) is 19.1 Å². The number of allylic oxidation sites excluding steroid dienone is 3. The Morgan fingerprint density at radius 3 is 2.48 bits per heavy atom. The number of carbonyl (C=O) groups excluding carboxylic acids is 2. The van der Waals surface area contributed by atoms with Crippen LogP contribution in [0.3, 0.4) is 0 Å². The van der Waals surface area contributed by atoms with E-state index in [2.05, 4.69) is 4.74 Å². The molecule has 0 aromatic heterocycles. The van der Waals surface area contributed by atoms with Gasteiger partial charge in [0.15, 0.2) is 5.78 Å². The summed E-state index contributed by atoms with van der Waals surface area (Å²) in [5, 5.41) is 8.79. The molecule has 0 fully saturated rings. The summed E-state index contributed by atoms with van der Waals surface area (Å²) < 4.78 is 4.67. The van der Waals surface area contributed by atoms with Crippen molar-refractivity contribution in [2.45, 2.75) is 31.3 Å². The molecule has 0 spiro atoms. The fourth-order valence-electron chi connectivity index (χ4n) is 2.45. The lowest BCUT2D eigenvalue weighted by Gasteiger charge is -2.42. The Hall–Kier alpha value is -1.99. The maximum absolute atomic E-state index is 12.7. The first-order valence-electron chi connectivity index (χ1n) is 6.42. The predicted octanol–water partition coefficient (Wildman–Crippen LogP) is -0.250. The van der Waals surface area contributed by atoms with E-state index in [1.807, 2.05) is 0 Å². The number of aliphatic carboxylic acids is 1. The zero-order chi connectivity index (χ0) is 16.3. The lowest BCUT2D eigenvalue weighted by molar-refractivity contribution is -0.155. The van der Waals surface area contributed by atoms with Crippen LogP contribution in [0, 0.1) is 5.41 Å². The van der Waals surface area contributed by atoms with Crippen LogP contribution < -0.4 is 11.5 Å². The highest BCUT2D eigenvalue weighted by atomic mass is 16.5. The zero-order valence-electron chi connectivity index (χ0n) is 12.0. The van der Waals surface area contributed by atoms with Crippen LogP contribution in [0.25, 0.3) is 0 Å². The number of ketones is 1. The van der Waals surface area contributed by atoms with Crippen LogP contribution in [-0.4, -0.2) is 41.5 Å². The van der Waals surface area contributed by atoms with Gasteiger partial charge in [-0.25, -0.2) is 0 Å². The topological polar surface area (TPSA) is 133 Å². The van der Waals surface area contributed by atoms with Crippen LogP contribution in [0.2, 0.25) is 0 Å². The molecule has 116 valence electrons. The monoisotopic (exact) mass is 296 g/mol. The highest BCUT2D eigenvalue weighted by Crippen LogP contribution is 2.40. The third kappa shape index (κ3) is 3.03. The van der Waals surface area contributed by atoms with Crippen molar-refractivity contribution in [1.82, 2.24) is 0 Å². The Balaban J connectivity index is 3.26. The number of carboxylic acids is 1. The van der Waals surface area contributed by atoms with Crippen molar-refractivity contribution in [3.63, 3.8) is 0 Å². The molecule has 0 amide bonds. The van der Waals surface area contributed by atoms with Crippen LogP contribution in [0.15, 0.2) is 24.3 Å². The van der Waals surface area contributed by atoms with Gasteiger partial charge in [0.05, 0.1) is 25.0 Å². The molecular formula is C14H20N2O5. The van der Waals surface area contributed by atoms with Crippen LogP contribution in [0.5, 0.6) is 0 Å². The molecule has 0 radical (unpaired) electrons. The van der Waals surface area contributed by atoms with Gasteiger partial charge in [0.2, 0.25) is 0 Å². The highest BCUT2D eigenvalue weighted by molar-refractivity contribution is 6.00. The molecule has 1 unspecified atom stereocenters. The van der Waals surface area contributed by atoms with E-state index in [-0.39, 0.29) is 6.42 Å². The molecule has 0 aromatic rings. The van der Waals surface area contributed by atoms with E-state index in [1.165, 1.54) is 20.1 Å². The standard InChI is InChI=1S/C14H20N2O5/c1-13(16,12(20)21-2)14(6-4-3-5-7-14)11(19)9(15)8-10(17)18/h3-6,9H,7-8,15-16H2,1-2H3,(H,17,18)/t9-,13-,14?/m0/s1. The van der Waals surface area contributed by atoms with Gasteiger partial charge in [-0.05, 0) is 13.3 Å². The van der Waals surface area contributed by atoms with Crippen molar-refractivity contribution in [3.05, 3.63) is 24.3 Å². The van der Waals surface area contributed by atoms with E-state index in [0.29, 0.717) is 0 Å². The van der Waals surface area contributed by atoms with Gasteiger partial charge in [0, 0.05) is 0 Å². The summed E-state index contributed by atoms with van der Waals surface area (Å²) in [6.45, 7) is 1.38. The smallest absolute Gasteiger partial charge is 0.326 e. The number of esters is 1. The minimum absolute atomic E-state index is 0.151. The predicted molar refractivity (Wildman–Crippen MR) is 75.2 cm³/mol. The molecule has 7 nitrogen and oxygen atoms in total. The average molecular weight is 296 g/mol. The minimum Gasteiger partial charge on any atom is -0.481 e. The number of hydrogen-bond acceptors (Lipinski definition) is 6. The quantitative estimate of drug-likeness (QED) is 0.575. The lowest BCUT2D eigenvalue weighted by Crippen LogP contribution is -2.64. The summed E-state index contributed by atoms with van der Waals surface area (Å²) in [5.41, 5.74) is 8.66. The molecule has 0 aromatic carbocycles. The third-order valence-electron chi connectivity index (χ3n) is 3.77. The Morgan fingerprint density at radius 2 is 2.05 bits per heavy atom. The first-order chi connectivity index (χ1) is 9.69. The van der Waals surface area contributed by atoms with Crippen molar-refractivity contribution in [3.8, 4) is 0 Å². The van der Waals surface area contributed by atoms with Gasteiger partial charge in [-0.3, -0.25) is 14.4 Å². The second-order valence-corrected chi connectivity index (χ2v) is 5.23. The SMILES string of the molecule is COC(=O)[C@](C)(N)C1(C(=O)[C@@H](N)CC(=O)O)C=CC=CC1. The summed E-state index contributed by atoms with van der Waals surface area (Å²) in [5.74, 6) is -2.56. The maximum atomic E-state index is 12.7. The molecule has 5 N–H and O–H groups in total. The number of carbonyl (C=O) groups is 3. The second-order valence-electron chi connectivity index (χ2n) is 5.23. The van der Waals surface area contributed by atoms with E-state index in [1.54, 1.807) is 18.2 Å². The summed E-state index contributed by atoms with van der Waals surface area (Å²) in [6, 6.07) is -1.26. The van der Waals surface area contributed by atoms with Crippen LogP contribution >= 0.6 is 0 Å². The van der Waals surface area contributed by atoms with Gasteiger partial charge in [-0.15, -0.1) is 0 Å². The van der Waals surface area contributed by atoms with E-state index >= 15 is 0 Å². The number of rotatable bonds is 6. The number of ether oxygens (including phenoxy) is 1. The Kier molecular flexibility index (Phi) is 5.03. The summed E-state index contributed by atoms with van der Waals surface area (Å²) >= 11 is 0. The number of nitrogens with two attached hydrogens (primary N) is 2. The average Bonchev–Trinajstić information content (AvgIpc) is 2.45. The first-order valence-corrected chi connectivity index (χ1v) is 6.42. The molecule has 1 aliphatic rings. The maximum Gasteiger partial charge on any atom is 0.326 e. The normalized spacial score (nSPS) is 25.0. The molecule has 0 saturated heterocycles. The molecule has 1 aliphatic carbocycles. The Morgan fingerprint density at radius 1 is 1.43 bits per heavy atom. The van der Waals surface area contributed by atoms with Crippen molar-refractivity contribution < 1.29 is 24.2 Å². The van der Waals surface area contributed by atoms with Crippen LogP contribution in [0.4, 0.5) is 0 Å². The first kappa shape index (κ1) is 17.1. The molecule has 3 atom stereocenters. The number of methoxy groups -OCH3 is 1. The molecular weight excluding hydrogens is 276 g/mol. The molecule has 21 heavy (non-hydrogen) atoms. The molecule has 0 saturated carbocycles. The molecule has 0 aliphatic heterocycles. The highest BCUT2D eigenvalue weighted by Gasteiger charge is 2.55. The molecule has 7 heteroatoms. The lowest BCUT2D eigenvalue weighted by atomic mass is 9.62. The fourth-order valence-corrected chi connectivity index (χ4v) is 2.45. The van der Waals surface area contributed by atoms with E-state index < -0.39 is 41.1 Å². The zero-order valence-corrected chi connectivity index (χ0v) is 12.0. The van der Waals surface area contributed by atoms with Gasteiger partial charge >= 0.3 is 11.9 Å². The van der Waals surface area contributed by atoms with Gasteiger partial charge in [-0.2, -0.15) is 0 Å². The van der Waals surface area contributed by atoms with E-state index in [0.717, 1.165) is 0 Å². The number of Topliss-reactive ketones (excluding diaryl/α,β-unsaturated/α-hetero) is 1.